The number of nitriles is 2. The van der Waals surface area contributed by atoms with Gasteiger partial charge in [-0.05, 0) is 177 Å². The second-order valence-corrected chi connectivity index (χ2v) is 20.2. The molecule has 4 nitrogen and oxygen atoms in total. The Balaban J connectivity index is 0.802. The number of nitrogens with zero attached hydrogens (tertiary/aromatic N) is 4. The number of benzene rings is 9. The van der Waals surface area contributed by atoms with Crippen LogP contribution in [0.4, 0.5) is 34.1 Å². The molecule has 0 radical (unpaired) electrons. The van der Waals surface area contributed by atoms with Crippen molar-refractivity contribution < 1.29 is 0 Å². The summed E-state index contributed by atoms with van der Waals surface area (Å²) in [6, 6.07) is 73.4. The molecule has 2 aliphatic rings. The zero-order valence-corrected chi connectivity index (χ0v) is 41.6. The van der Waals surface area contributed by atoms with Gasteiger partial charge < -0.3 is 9.80 Å². The normalized spacial score (nSPS) is 13.5. The number of anilines is 6. The Bertz CT molecular complexity index is 3480. The third-order valence-corrected chi connectivity index (χ3v) is 15.0. The van der Waals surface area contributed by atoms with E-state index in [0.717, 1.165) is 45.3 Å². The highest BCUT2D eigenvalue weighted by Gasteiger charge is 2.38. The fraction of sp³-hybridized carbons (Fsp3) is 0.118. The Kier molecular flexibility index (Phi) is 11.4. The molecule has 9 aromatic carbocycles. The Morgan fingerprint density at radius 1 is 0.347 bits per heavy atom. The quantitative estimate of drug-likeness (QED) is 0.128. The van der Waals surface area contributed by atoms with Crippen LogP contribution in [0.3, 0.4) is 0 Å². The zero-order valence-electron chi connectivity index (χ0n) is 41.6. The Morgan fingerprint density at radius 3 is 1.01 bits per heavy atom. The highest BCUT2D eigenvalue weighted by molar-refractivity contribution is 5.89. The third-order valence-electron chi connectivity index (χ3n) is 15.0. The molecule has 0 amide bonds. The largest absolute Gasteiger partial charge is 0.310 e. The molecule has 0 fully saturated rings. The van der Waals surface area contributed by atoms with Crippen LogP contribution in [0, 0.1) is 36.5 Å². The summed E-state index contributed by atoms with van der Waals surface area (Å²) in [5.74, 6) is 0. The van der Waals surface area contributed by atoms with Gasteiger partial charge in [-0.1, -0.05) is 161 Å². The maximum atomic E-state index is 9.51. The number of hydrogen-bond acceptors (Lipinski definition) is 4. The molecular weight excluding hydrogens is 873 g/mol. The van der Waals surface area contributed by atoms with Gasteiger partial charge in [-0.3, -0.25) is 0 Å². The van der Waals surface area contributed by atoms with E-state index in [2.05, 4.69) is 233 Å². The summed E-state index contributed by atoms with van der Waals surface area (Å²) >= 11 is 0. The molecular formula is C68H54N4. The predicted molar refractivity (Wildman–Crippen MR) is 301 cm³/mol. The van der Waals surface area contributed by atoms with E-state index in [-0.39, 0.29) is 10.8 Å². The molecule has 4 heteroatoms. The van der Waals surface area contributed by atoms with Gasteiger partial charge in [0.25, 0.3) is 0 Å². The van der Waals surface area contributed by atoms with E-state index in [1.165, 1.54) is 66.8 Å². The molecule has 9 aromatic rings. The predicted octanol–water partition coefficient (Wildman–Crippen LogP) is 17.9. The molecule has 0 unspecified atom stereocenters. The third kappa shape index (κ3) is 8.08. The second-order valence-electron chi connectivity index (χ2n) is 20.2. The molecule has 2 aliphatic carbocycles. The molecule has 346 valence electrons. The molecule has 0 aromatic heterocycles. The van der Waals surface area contributed by atoms with Gasteiger partial charge in [-0.25, -0.2) is 0 Å². The first-order valence-electron chi connectivity index (χ1n) is 24.7. The fourth-order valence-electron chi connectivity index (χ4n) is 10.9. The average Bonchev–Trinajstić information content (AvgIpc) is 3.77. The minimum Gasteiger partial charge on any atom is -0.310 e. The zero-order chi connectivity index (χ0) is 49.7. The number of rotatable bonds is 10. The lowest BCUT2D eigenvalue weighted by Gasteiger charge is -2.29. The van der Waals surface area contributed by atoms with Gasteiger partial charge in [0.1, 0.15) is 0 Å². The van der Waals surface area contributed by atoms with E-state index in [1.54, 1.807) is 0 Å². The van der Waals surface area contributed by atoms with Crippen LogP contribution in [0.1, 0.15) is 94.5 Å². The molecule has 11 rings (SSSR count). The van der Waals surface area contributed by atoms with Gasteiger partial charge in [0.2, 0.25) is 0 Å². The van der Waals surface area contributed by atoms with E-state index in [1.807, 2.05) is 48.5 Å². The number of aryl methyl sites for hydroxylation is 2. The van der Waals surface area contributed by atoms with Crippen molar-refractivity contribution in [2.24, 2.45) is 0 Å². The minimum absolute atomic E-state index is 0.208. The first-order valence-corrected chi connectivity index (χ1v) is 24.7. The first-order chi connectivity index (χ1) is 34.9. The Labute approximate surface area is 424 Å². The van der Waals surface area contributed by atoms with E-state index in [0.29, 0.717) is 11.1 Å². The molecule has 0 bridgehead atoms. The van der Waals surface area contributed by atoms with Gasteiger partial charge in [-0.2, -0.15) is 10.5 Å². The Hall–Kier alpha value is -8.96. The van der Waals surface area contributed by atoms with Crippen molar-refractivity contribution in [3.8, 4) is 34.4 Å². The van der Waals surface area contributed by atoms with Gasteiger partial charge in [0.15, 0.2) is 0 Å². The summed E-state index contributed by atoms with van der Waals surface area (Å²) in [5, 5.41) is 19.0. The summed E-state index contributed by atoms with van der Waals surface area (Å²) in [4.78, 5) is 4.60. The van der Waals surface area contributed by atoms with Crippen LogP contribution in [0.2, 0.25) is 0 Å². The monoisotopic (exact) mass is 926 g/mol. The van der Waals surface area contributed by atoms with Crippen LogP contribution in [-0.4, -0.2) is 0 Å². The number of fused-ring (bicyclic) bond motifs is 6. The topological polar surface area (TPSA) is 54.1 Å². The van der Waals surface area contributed by atoms with Gasteiger partial charge >= 0.3 is 0 Å². The summed E-state index contributed by atoms with van der Waals surface area (Å²) < 4.78 is 0. The van der Waals surface area contributed by atoms with Crippen LogP contribution in [0.5, 0.6) is 0 Å². The van der Waals surface area contributed by atoms with E-state index < -0.39 is 0 Å². The van der Waals surface area contributed by atoms with Crippen molar-refractivity contribution in [3.05, 3.63) is 261 Å². The number of hydrogen-bond donors (Lipinski definition) is 0. The summed E-state index contributed by atoms with van der Waals surface area (Å²) in [6.07, 6.45) is 8.86. The van der Waals surface area contributed by atoms with Crippen LogP contribution in [-0.2, 0) is 10.8 Å². The molecule has 0 spiro atoms. The van der Waals surface area contributed by atoms with Gasteiger partial charge in [0, 0.05) is 45.0 Å². The van der Waals surface area contributed by atoms with Crippen LogP contribution in [0.15, 0.2) is 194 Å². The van der Waals surface area contributed by atoms with E-state index in [9.17, 15) is 10.5 Å². The van der Waals surface area contributed by atoms with Crippen LogP contribution < -0.4 is 9.80 Å². The average molecular weight is 927 g/mol. The van der Waals surface area contributed by atoms with E-state index >= 15 is 0 Å². The lowest BCUT2D eigenvalue weighted by atomic mass is 9.81. The van der Waals surface area contributed by atoms with Crippen molar-refractivity contribution in [1.82, 2.24) is 0 Å². The van der Waals surface area contributed by atoms with Crippen molar-refractivity contribution >= 4 is 58.4 Å². The maximum absolute atomic E-state index is 9.51. The number of para-hydroxylation sites is 2. The first kappa shape index (κ1) is 45.5. The fourth-order valence-corrected chi connectivity index (χ4v) is 10.9. The molecule has 72 heavy (non-hydrogen) atoms. The van der Waals surface area contributed by atoms with Crippen molar-refractivity contribution in [3.63, 3.8) is 0 Å². The molecule has 0 N–H and O–H groups in total. The standard InChI is InChI=1S/C68H54N4/c1-45-11-7-9-13-65(45)71(53-29-23-51(43-69)24-30-53)55-33-37-59-57-35-27-49(39-61(57)67(3,4)63(59)41-55)21-19-47-15-17-48(18-16-47)20-22-50-28-36-58-60-38-34-56(42-64(60)68(5,6)62(58)40-50)72(66-14-10-8-12-46(66)2)54-31-25-52(44-70)26-32-54/h7-42H,1-6H3/b21-19+,22-20+. The summed E-state index contributed by atoms with van der Waals surface area (Å²) in [6.45, 7) is 13.6. The van der Waals surface area contributed by atoms with Crippen molar-refractivity contribution in [1.29, 1.82) is 10.5 Å². The molecule has 0 saturated heterocycles. The molecule has 0 saturated carbocycles. The smallest absolute Gasteiger partial charge is 0.0991 e. The Morgan fingerprint density at radius 2 is 0.653 bits per heavy atom. The lowest BCUT2D eigenvalue weighted by Crippen LogP contribution is -2.17. The SMILES string of the molecule is Cc1ccccc1N(c1ccc(C#N)cc1)c1ccc2c(c1)C(C)(C)c1cc(/C=C/c3ccc(/C=C/c4ccc5c(c4)C(C)(C)c4cc(N(c6ccc(C#N)cc6)c6ccccc6C)ccc4-5)cc3)ccc1-2. The molecule has 0 atom stereocenters. The lowest BCUT2D eigenvalue weighted by molar-refractivity contribution is 0.660. The van der Waals surface area contributed by atoms with Crippen molar-refractivity contribution in [2.75, 3.05) is 9.80 Å². The second kappa shape index (κ2) is 18.1. The van der Waals surface area contributed by atoms with E-state index in [4.69, 9.17) is 0 Å². The minimum atomic E-state index is -0.208. The molecule has 0 aliphatic heterocycles. The maximum Gasteiger partial charge on any atom is 0.0991 e. The highest BCUT2D eigenvalue weighted by Crippen LogP contribution is 2.53. The van der Waals surface area contributed by atoms with Gasteiger partial charge in [0.05, 0.1) is 23.3 Å². The summed E-state index contributed by atoms with van der Waals surface area (Å²) in [5.41, 5.74) is 24.7. The van der Waals surface area contributed by atoms with Gasteiger partial charge in [-0.15, -0.1) is 0 Å². The van der Waals surface area contributed by atoms with Crippen LogP contribution in [0.25, 0.3) is 46.6 Å². The van der Waals surface area contributed by atoms with Crippen LogP contribution >= 0.6 is 0 Å². The highest BCUT2D eigenvalue weighted by atomic mass is 15.1. The van der Waals surface area contributed by atoms with Crippen molar-refractivity contribution in [2.45, 2.75) is 52.4 Å². The molecule has 0 heterocycles. The summed E-state index contributed by atoms with van der Waals surface area (Å²) in [7, 11) is 0.